The van der Waals surface area contributed by atoms with Crippen LogP contribution in [0.3, 0.4) is 0 Å². The van der Waals surface area contributed by atoms with Crippen molar-refractivity contribution in [2.24, 2.45) is 4.99 Å². The zero-order valence-corrected chi connectivity index (χ0v) is 9.91. The van der Waals surface area contributed by atoms with Crippen LogP contribution in [0, 0.1) is 0 Å². The monoisotopic (exact) mass is 243 g/mol. The Bertz CT molecular complexity index is 529. The molecule has 2 atom stereocenters. The van der Waals surface area contributed by atoms with Crippen LogP contribution in [-0.4, -0.2) is 29.2 Å². The van der Waals surface area contributed by atoms with Gasteiger partial charge in [-0.25, -0.2) is 0 Å². The second kappa shape index (κ2) is 4.04. The van der Waals surface area contributed by atoms with Crippen LogP contribution in [0.5, 0.6) is 0 Å². The van der Waals surface area contributed by atoms with Crippen LogP contribution >= 0.6 is 0 Å². The summed E-state index contributed by atoms with van der Waals surface area (Å²) in [5.41, 5.74) is 0.989. The van der Waals surface area contributed by atoms with Crippen molar-refractivity contribution in [3.63, 3.8) is 0 Å². The molecule has 1 fully saturated rings. The van der Waals surface area contributed by atoms with Crippen LogP contribution in [0.15, 0.2) is 29.3 Å². The average molecular weight is 243 g/mol. The van der Waals surface area contributed by atoms with Crippen molar-refractivity contribution in [3.05, 3.63) is 29.8 Å². The molecular weight excluding hydrogens is 229 g/mol. The van der Waals surface area contributed by atoms with Gasteiger partial charge in [-0.1, -0.05) is 18.2 Å². The fourth-order valence-corrected chi connectivity index (χ4v) is 3.02. The van der Waals surface area contributed by atoms with Crippen LogP contribution in [0.4, 0.5) is 5.69 Å². The molecule has 2 aliphatic rings. The number of Topliss-reactive ketones (excluding diaryl/α,β-unsaturated/α-hetero) is 1. The Kier molecular flexibility index (Phi) is 2.61. The zero-order valence-electron chi connectivity index (χ0n) is 9.91. The van der Waals surface area contributed by atoms with Gasteiger partial charge in [0.25, 0.3) is 0 Å². The summed E-state index contributed by atoms with van der Waals surface area (Å²) >= 11 is 0. The molecule has 4 nitrogen and oxygen atoms in total. The maximum absolute atomic E-state index is 12.3. The number of ketones is 1. The highest BCUT2D eigenvalue weighted by atomic mass is 16.4. The lowest BCUT2D eigenvalue weighted by atomic mass is 9.56. The van der Waals surface area contributed by atoms with E-state index in [-0.39, 0.29) is 11.6 Å². The molecule has 0 amide bonds. The molecule has 1 aliphatic carbocycles. The quantitative estimate of drug-likeness (QED) is 0.729. The van der Waals surface area contributed by atoms with E-state index in [0.29, 0.717) is 19.3 Å². The highest BCUT2D eigenvalue weighted by molar-refractivity contribution is 6.43. The SMILES string of the molecule is O=C1CCC(B(O)O)CC12C=Nc1ccccc12. The van der Waals surface area contributed by atoms with Gasteiger partial charge in [0.2, 0.25) is 0 Å². The van der Waals surface area contributed by atoms with Crippen LogP contribution in [0.25, 0.3) is 0 Å². The Balaban J connectivity index is 2.04. The number of para-hydroxylation sites is 1. The number of hydrogen-bond acceptors (Lipinski definition) is 4. The molecule has 5 heteroatoms. The van der Waals surface area contributed by atoms with Crippen LogP contribution in [0.2, 0.25) is 5.82 Å². The standard InChI is InChI=1S/C13H14BNO3/c16-12-6-5-9(14(17)18)7-13(12)8-15-11-4-2-1-3-10(11)13/h1-4,8-9,17-18H,5-7H2. The fraction of sp³-hybridized carbons (Fsp3) is 0.385. The number of carbonyl (C=O) groups excluding carboxylic acids is 1. The largest absolute Gasteiger partial charge is 0.454 e. The van der Waals surface area contributed by atoms with Gasteiger partial charge in [-0.2, -0.15) is 0 Å². The highest BCUT2D eigenvalue weighted by Gasteiger charge is 2.49. The van der Waals surface area contributed by atoms with Gasteiger partial charge in [0.1, 0.15) is 5.78 Å². The van der Waals surface area contributed by atoms with E-state index in [9.17, 15) is 14.8 Å². The Morgan fingerprint density at radius 3 is 2.89 bits per heavy atom. The topological polar surface area (TPSA) is 69.9 Å². The van der Waals surface area contributed by atoms with E-state index in [1.54, 1.807) is 6.21 Å². The minimum absolute atomic E-state index is 0.133. The van der Waals surface area contributed by atoms with Crippen molar-refractivity contribution in [1.82, 2.24) is 0 Å². The van der Waals surface area contributed by atoms with Gasteiger partial charge < -0.3 is 10.0 Å². The molecule has 1 spiro atoms. The number of fused-ring (bicyclic) bond motifs is 2. The van der Waals surface area contributed by atoms with Crippen molar-refractivity contribution in [2.75, 3.05) is 0 Å². The van der Waals surface area contributed by atoms with Crippen LogP contribution < -0.4 is 0 Å². The average Bonchev–Trinajstić information content (AvgIpc) is 2.73. The number of rotatable bonds is 1. The van der Waals surface area contributed by atoms with Crippen LogP contribution in [0.1, 0.15) is 24.8 Å². The maximum atomic E-state index is 12.3. The summed E-state index contributed by atoms with van der Waals surface area (Å²) in [6.45, 7) is 0. The number of hydrogen-bond donors (Lipinski definition) is 2. The third-order valence-corrected chi connectivity index (χ3v) is 4.05. The summed E-state index contributed by atoms with van der Waals surface area (Å²) in [4.78, 5) is 16.6. The minimum Gasteiger partial charge on any atom is -0.427 e. The molecule has 0 saturated heterocycles. The summed E-state index contributed by atoms with van der Waals surface area (Å²) in [6, 6.07) is 7.57. The molecule has 0 bridgehead atoms. The first-order chi connectivity index (χ1) is 8.63. The van der Waals surface area contributed by atoms with Crippen molar-refractivity contribution < 1.29 is 14.8 Å². The maximum Gasteiger partial charge on any atom is 0.454 e. The van der Waals surface area contributed by atoms with Crippen molar-refractivity contribution >= 4 is 24.8 Å². The molecule has 18 heavy (non-hydrogen) atoms. The van der Waals surface area contributed by atoms with Gasteiger partial charge in [0.05, 0.1) is 11.1 Å². The molecule has 3 rings (SSSR count). The van der Waals surface area contributed by atoms with Crippen molar-refractivity contribution in [1.29, 1.82) is 0 Å². The molecule has 1 aromatic carbocycles. The Morgan fingerprint density at radius 2 is 2.11 bits per heavy atom. The first-order valence-electron chi connectivity index (χ1n) is 6.18. The Morgan fingerprint density at radius 1 is 1.33 bits per heavy atom. The van der Waals surface area contributed by atoms with E-state index in [1.165, 1.54) is 0 Å². The lowest BCUT2D eigenvalue weighted by molar-refractivity contribution is -0.123. The third-order valence-electron chi connectivity index (χ3n) is 4.05. The summed E-state index contributed by atoms with van der Waals surface area (Å²) in [6.07, 6.45) is 3.04. The molecule has 0 radical (unpaired) electrons. The predicted octanol–water partition coefficient (Wildman–Crippen LogP) is 1.24. The van der Waals surface area contributed by atoms with Gasteiger partial charge in [0.15, 0.2) is 0 Å². The van der Waals surface area contributed by atoms with E-state index in [1.807, 2.05) is 24.3 Å². The van der Waals surface area contributed by atoms with Gasteiger partial charge in [0, 0.05) is 12.6 Å². The highest BCUT2D eigenvalue weighted by Crippen LogP contribution is 2.47. The molecule has 1 heterocycles. The normalized spacial score (nSPS) is 29.7. The van der Waals surface area contributed by atoms with E-state index in [2.05, 4.69) is 4.99 Å². The molecule has 1 aliphatic heterocycles. The number of carbonyl (C=O) groups is 1. The molecule has 92 valence electrons. The smallest absolute Gasteiger partial charge is 0.427 e. The first-order valence-corrected chi connectivity index (χ1v) is 6.18. The van der Waals surface area contributed by atoms with Crippen molar-refractivity contribution in [3.8, 4) is 0 Å². The molecule has 1 saturated carbocycles. The summed E-state index contributed by atoms with van der Waals surface area (Å²) in [7, 11) is -1.36. The molecule has 1 aromatic rings. The Labute approximate surface area is 106 Å². The number of aliphatic imine (C=N–C) groups is 1. The summed E-state index contributed by atoms with van der Waals surface area (Å²) in [5.74, 6) is -0.131. The van der Waals surface area contributed by atoms with E-state index >= 15 is 0 Å². The molecule has 2 unspecified atom stereocenters. The Hall–Kier alpha value is -1.46. The predicted molar refractivity (Wildman–Crippen MR) is 69.1 cm³/mol. The summed E-state index contributed by atoms with van der Waals surface area (Å²) in [5, 5.41) is 18.7. The van der Waals surface area contributed by atoms with Gasteiger partial charge in [-0.05, 0) is 30.3 Å². The fourth-order valence-electron chi connectivity index (χ4n) is 3.02. The molecule has 2 N–H and O–H groups in total. The lowest BCUT2D eigenvalue weighted by Gasteiger charge is -2.35. The zero-order chi connectivity index (χ0) is 12.8. The van der Waals surface area contributed by atoms with E-state index in [0.717, 1.165) is 11.3 Å². The lowest BCUT2D eigenvalue weighted by Crippen LogP contribution is -2.43. The second-order valence-corrected chi connectivity index (χ2v) is 5.09. The van der Waals surface area contributed by atoms with Crippen molar-refractivity contribution in [2.45, 2.75) is 30.5 Å². The number of benzene rings is 1. The molecular formula is C13H14BNO3. The molecule has 0 aromatic heterocycles. The van der Waals surface area contributed by atoms with Gasteiger partial charge in [-0.3, -0.25) is 9.79 Å². The van der Waals surface area contributed by atoms with Gasteiger partial charge in [-0.15, -0.1) is 0 Å². The van der Waals surface area contributed by atoms with Gasteiger partial charge >= 0.3 is 7.12 Å². The minimum atomic E-state index is -1.36. The second-order valence-electron chi connectivity index (χ2n) is 5.09. The summed E-state index contributed by atoms with van der Waals surface area (Å²) < 4.78 is 0. The van der Waals surface area contributed by atoms with E-state index < -0.39 is 12.5 Å². The number of nitrogens with zero attached hydrogens (tertiary/aromatic N) is 1. The van der Waals surface area contributed by atoms with Crippen LogP contribution in [-0.2, 0) is 10.2 Å². The van der Waals surface area contributed by atoms with E-state index in [4.69, 9.17) is 0 Å². The third kappa shape index (κ3) is 1.55. The first kappa shape index (κ1) is 11.6.